The van der Waals surface area contributed by atoms with E-state index in [9.17, 15) is 9.59 Å². The molecule has 0 saturated heterocycles. The number of aryl methyl sites for hydroxylation is 1. The van der Waals surface area contributed by atoms with Gasteiger partial charge in [-0.3, -0.25) is 14.2 Å². The molecular formula is C14H13NO5S. The number of carboxylic acids is 1. The molecule has 1 aliphatic heterocycles. The Morgan fingerprint density at radius 2 is 2.14 bits per heavy atom. The summed E-state index contributed by atoms with van der Waals surface area (Å²) in [5.74, 6) is 0.379. The van der Waals surface area contributed by atoms with Crippen molar-refractivity contribution < 1.29 is 19.4 Å². The van der Waals surface area contributed by atoms with Crippen molar-refractivity contribution in [2.45, 2.75) is 19.9 Å². The number of nitrogens with zero attached hydrogens (tertiary/aromatic N) is 1. The zero-order valence-corrected chi connectivity index (χ0v) is 12.1. The van der Waals surface area contributed by atoms with Gasteiger partial charge in [-0.2, -0.15) is 0 Å². The van der Waals surface area contributed by atoms with Crippen molar-refractivity contribution in [2.75, 3.05) is 6.79 Å². The SMILES string of the molecule is Cc1sc(=O)n(CCC(=O)O)c1-c1ccc2c(c1)OCO2. The molecule has 0 unspecified atom stereocenters. The number of rotatable bonds is 4. The minimum absolute atomic E-state index is 0.0897. The molecule has 0 radical (unpaired) electrons. The molecule has 0 spiro atoms. The highest BCUT2D eigenvalue weighted by Crippen LogP contribution is 2.37. The minimum Gasteiger partial charge on any atom is -0.481 e. The van der Waals surface area contributed by atoms with Gasteiger partial charge in [-0.05, 0) is 25.1 Å². The Kier molecular flexibility index (Phi) is 3.42. The Morgan fingerprint density at radius 1 is 1.38 bits per heavy atom. The van der Waals surface area contributed by atoms with Crippen LogP contribution in [0, 0.1) is 6.92 Å². The molecule has 0 saturated carbocycles. The van der Waals surface area contributed by atoms with E-state index in [2.05, 4.69) is 0 Å². The fourth-order valence-corrected chi connectivity index (χ4v) is 3.21. The van der Waals surface area contributed by atoms with Crippen molar-refractivity contribution in [3.8, 4) is 22.8 Å². The van der Waals surface area contributed by atoms with Crippen LogP contribution in [0.15, 0.2) is 23.0 Å². The van der Waals surface area contributed by atoms with E-state index in [1.165, 1.54) is 4.57 Å². The molecule has 1 N–H and O–H groups in total. The van der Waals surface area contributed by atoms with E-state index in [1.54, 1.807) is 6.07 Å². The van der Waals surface area contributed by atoms with Gasteiger partial charge >= 0.3 is 10.8 Å². The fourth-order valence-electron chi connectivity index (χ4n) is 2.33. The number of fused-ring (bicyclic) bond motifs is 1. The molecule has 0 fully saturated rings. The first-order chi connectivity index (χ1) is 10.1. The van der Waals surface area contributed by atoms with Gasteiger partial charge in [-0.15, -0.1) is 0 Å². The molecular weight excluding hydrogens is 294 g/mol. The third kappa shape index (κ3) is 2.52. The summed E-state index contributed by atoms with van der Waals surface area (Å²) >= 11 is 1.12. The quantitative estimate of drug-likeness (QED) is 0.936. The molecule has 6 nitrogen and oxygen atoms in total. The van der Waals surface area contributed by atoms with E-state index < -0.39 is 5.97 Å². The van der Waals surface area contributed by atoms with Crippen LogP contribution in [0.25, 0.3) is 11.3 Å². The van der Waals surface area contributed by atoms with Crippen LogP contribution >= 0.6 is 11.3 Å². The average molecular weight is 307 g/mol. The molecule has 0 aliphatic carbocycles. The summed E-state index contributed by atoms with van der Waals surface area (Å²) in [6, 6.07) is 5.45. The van der Waals surface area contributed by atoms with Crippen LogP contribution in [0.4, 0.5) is 0 Å². The van der Waals surface area contributed by atoms with E-state index in [1.807, 2.05) is 19.1 Å². The van der Waals surface area contributed by atoms with Crippen LogP contribution in [0.3, 0.4) is 0 Å². The number of thiazole rings is 1. The zero-order valence-electron chi connectivity index (χ0n) is 11.3. The lowest BCUT2D eigenvalue weighted by molar-refractivity contribution is -0.137. The predicted molar refractivity (Wildman–Crippen MR) is 77.1 cm³/mol. The standard InChI is InChI=1S/C14H13NO5S/c1-8-13(15(14(18)21-8)5-4-12(16)17)9-2-3-10-11(6-9)20-7-19-10/h2-3,6H,4-5,7H2,1H3,(H,16,17). The monoisotopic (exact) mass is 307 g/mol. The molecule has 3 rings (SSSR count). The molecule has 21 heavy (non-hydrogen) atoms. The lowest BCUT2D eigenvalue weighted by atomic mass is 10.1. The van der Waals surface area contributed by atoms with Crippen molar-refractivity contribution in [2.24, 2.45) is 0 Å². The van der Waals surface area contributed by atoms with Gasteiger partial charge in [0, 0.05) is 17.0 Å². The highest BCUT2D eigenvalue weighted by molar-refractivity contribution is 7.09. The highest BCUT2D eigenvalue weighted by atomic mass is 32.1. The zero-order chi connectivity index (χ0) is 15.0. The number of hydrogen-bond donors (Lipinski definition) is 1. The van der Waals surface area contributed by atoms with Crippen LogP contribution in [0.2, 0.25) is 0 Å². The van der Waals surface area contributed by atoms with Crippen LogP contribution in [-0.2, 0) is 11.3 Å². The Balaban J connectivity index is 2.05. The lowest BCUT2D eigenvalue weighted by Gasteiger charge is -2.08. The smallest absolute Gasteiger partial charge is 0.307 e. The second-order valence-electron chi connectivity index (χ2n) is 4.64. The largest absolute Gasteiger partial charge is 0.481 e. The number of carboxylic acid groups (broad SMARTS) is 1. The Morgan fingerprint density at radius 3 is 2.90 bits per heavy atom. The maximum atomic E-state index is 12.0. The molecule has 2 aromatic rings. The van der Waals surface area contributed by atoms with Gasteiger partial charge in [0.05, 0.1) is 12.1 Å². The van der Waals surface area contributed by atoms with Crippen molar-refractivity contribution in [1.29, 1.82) is 0 Å². The van der Waals surface area contributed by atoms with Gasteiger partial charge in [0.2, 0.25) is 6.79 Å². The number of benzene rings is 1. The number of aromatic nitrogens is 1. The van der Waals surface area contributed by atoms with Gasteiger partial charge in [-0.1, -0.05) is 11.3 Å². The summed E-state index contributed by atoms with van der Waals surface area (Å²) in [7, 11) is 0. The predicted octanol–water partition coefficient (Wildman–Crippen LogP) is 2.09. The van der Waals surface area contributed by atoms with E-state index in [-0.39, 0.29) is 24.6 Å². The summed E-state index contributed by atoms with van der Waals surface area (Å²) in [6.07, 6.45) is -0.0897. The number of ether oxygens (including phenoxy) is 2. The normalized spacial score (nSPS) is 12.6. The second-order valence-corrected chi connectivity index (χ2v) is 5.80. The fraction of sp³-hybridized carbons (Fsp3) is 0.286. The van der Waals surface area contributed by atoms with Gasteiger partial charge < -0.3 is 14.6 Å². The lowest BCUT2D eigenvalue weighted by Crippen LogP contribution is -2.16. The molecule has 7 heteroatoms. The van der Waals surface area contributed by atoms with Crippen LogP contribution in [0.1, 0.15) is 11.3 Å². The third-order valence-electron chi connectivity index (χ3n) is 3.26. The van der Waals surface area contributed by atoms with Crippen molar-refractivity contribution in [3.63, 3.8) is 0 Å². The van der Waals surface area contributed by atoms with Gasteiger partial charge in [0.1, 0.15) is 0 Å². The van der Waals surface area contributed by atoms with Crippen molar-refractivity contribution in [3.05, 3.63) is 32.7 Å². The summed E-state index contributed by atoms with van der Waals surface area (Å²) < 4.78 is 12.1. The Bertz CT molecular complexity index is 761. The van der Waals surface area contributed by atoms with E-state index in [0.717, 1.165) is 27.5 Å². The Labute approximate surface area is 124 Å². The van der Waals surface area contributed by atoms with E-state index in [0.29, 0.717) is 11.5 Å². The summed E-state index contributed by atoms with van der Waals surface area (Å²) in [5.41, 5.74) is 1.56. The van der Waals surface area contributed by atoms with Crippen LogP contribution in [0.5, 0.6) is 11.5 Å². The Hall–Kier alpha value is -2.28. The van der Waals surface area contributed by atoms with Crippen molar-refractivity contribution >= 4 is 17.3 Å². The summed E-state index contributed by atoms with van der Waals surface area (Å²) in [4.78, 5) is 23.5. The highest BCUT2D eigenvalue weighted by Gasteiger charge is 2.19. The first-order valence-electron chi connectivity index (χ1n) is 6.38. The molecule has 0 amide bonds. The summed E-state index contributed by atoms with van der Waals surface area (Å²) in [6.45, 7) is 2.19. The van der Waals surface area contributed by atoms with E-state index >= 15 is 0 Å². The molecule has 1 aromatic heterocycles. The van der Waals surface area contributed by atoms with Gasteiger partial charge in [-0.25, -0.2) is 0 Å². The molecule has 1 aliphatic rings. The van der Waals surface area contributed by atoms with Gasteiger partial charge in [0.15, 0.2) is 11.5 Å². The molecule has 1 aromatic carbocycles. The molecule has 2 heterocycles. The summed E-state index contributed by atoms with van der Waals surface area (Å²) in [5, 5.41) is 8.81. The topological polar surface area (TPSA) is 77.8 Å². The number of aliphatic carboxylic acids is 1. The average Bonchev–Trinajstić information content (AvgIpc) is 2.99. The van der Waals surface area contributed by atoms with Crippen molar-refractivity contribution in [1.82, 2.24) is 4.57 Å². The maximum Gasteiger partial charge on any atom is 0.307 e. The maximum absolute atomic E-state index is 12.0. The number of carbonyl (C=O) groups is 1. The first-order valence-corrected chi connectivity index (χ1v) is 7.20. The number of hydrogen-bond acceptors (Lipinski definition) is 5. The molecule has 0 atom stereocenters. The first kappa shape index (κ1) is 13.7. The van der Waals surface area contributed by atoms with E-state index in [4.69, 9.17) is 14.6 Å². The minimum atomic E-state index is -0.928. The third-order valence-corrected chi connectivity index (χ3v) is 4.15. The van der Waals surface area contributed by atoms with Gasteiger partial charge in [0.25, 0.3) is 0 Å². The molecule has 0 bridgehead atoms. The van der Waals surface area contributed by atoms with Crippen LogP contribution < -0.4 is 14.3 Å². The second kappa shape index (κ2) is 5.25. The molecule has 110 valence electrons. The van der Waals surface area contributed by atoms with Crippen LogP contribution in [-0.4, -0.2) is 22.4 Å².